The van der Waals surface area contributed by atoms with Crippen molar-refractivity contribution in [2.45, 2.75) is 47.7 Å². The van der Waals surface area contributed by atoms with Crippen LogP contribution >= 0.6 is 0 Å². The van der Waals surface area contributed by atoms with Crippen LogP contribution in [0.15, 0.2) is 102 Å². The molecule has 0 fully saturated rings. The smallest absolute Gasteiger partial charge is 0.122 e. The zero-order chi connectivity index (χ0) is 40.6. The van der Waals surface area contributed by atoms with Crippen molar-refractivity contribution >= 4 is 43.5 Å². The van der Waals surface area contributed by atoms with E-state index in [1.165, 1.54) is 18.3 Å². The van der Waals surface area contributed by atoms with Gasteiger partial charge >= 0.3 is 0 Å². The zero-order valence-corrected chi connectivity index (χ0v) is 27.8. The van der Waals surface area contributed by atoms with E-state index in [1.54, 1.807) is 30.3 Å². The molecule has 0 bridgehead atoms. The third kappa shape index (κ3) is 6.08. The first-order valence-electron chi connectivity index (χ1n) is 20.1. The quantitative estimate of drug-likeness (QED) is 0.132. The summed E-state index contributed by atoms with van der Waals surface area (Å²) in [7, 11) is 0. The maximum atomic E-state index is 8.25. The fraction of sp³-hybridized carbons (Fsp3) is 0.190. The Bertz CT molecular complexity index is 2710. The Balaban J connectivity index is 0.000000203. The van der Waals surface area contributed by atoms with Crippen LogP contribution in [-0.4, -0.2) is 9.97 Å². The molecule has 5 aromatic carbocycles. The van der Waals surface area contributed by atoms with E-state index < -0.39 is 32.3 Å². The van der Waals surface area contributed by atoms with Crippen LogP contribution in [0.2, 0.25) is 0 Å². The normalized spacial score (nSPS) is 16.3. The minimum Gasteiger partial charge on any atom is -0.500 e. The van der Waals surface area contributed by atoms with E-state index in [9.17, 15) is 0 Å². The number of rotatable bonds is 3. The summed E-state index contributed by atoms with van der Waals surface area (Å²) >= 11 is 0. The molecule has 8 aromatic rings. The maximum Gasteiger partial charge on any atom is 0.122 e. The van der Waals surface area contributed by atoms with Crippen LogP contribution in [0.3, 0.4) is 0 Å². The Morgan fingerprint density at radius 2 is 1.54 bits per heavy atom. The van der Waals surface area contributed by atoms with E-state index in [4.69, 9.17) is 19.5 Å². The molecule has 46 heavy (non-hydrogen) atoms. The van der Waals surface area contributed by atoms with Gasteiger partial charge in [-0.05, 0) is 75.6 Å². The number of benzene rings is 5. The van der Waals surface area contributed by atoms with Crippen LogP contribution < -0.4 is 0 Å². The molecule has 0 unspecified atom stereocenters. The number of hydrogen-bond acceptors (Lipinski definition) is 3. The van der Waals surface area contributed by atoms with Crippen LogP contribution in [0.1, 0.15) is 58.1 Å². The van der Waals surface area contributed by atoms with E-state index in [2.05, 4.69) is 28.2 Å². The molecule has 0 aliphatic rings. The summed E-state index contributed by atoms with van der Waals surface area (Å²) in [5, 5.41) is 6.00. The molecule has 0 spiro atoms. The van der Waals surface area contributed by atoms with E-state index >= 15 is 0 Å². The van der Waals surface area contributed by atoms with Gasteiger partial charge in [0, 0.05) is 53.0 Å². The number of fused-ring (bicyclic) bond motifs is 2. The molecule has 0 atom stereocenters. The van der Waals surface area contributed by atoms with Crippen molar-refractivity contribution in [3.63, 3.8) is 0 Å². The molecule has 0 aliphatic carbocycles. The van der Waals surface area contributed by atoms with Crippen molar-refractivity contribution in [3.05, 3.63) is 132 Å². The SMILES string of the molecule is [2H]C([2H])([2H])c1c[c-]c(-c2ccc(C([2H])([2H])C(C)(C)C)cn2)cc1.[2H]C([2H])([2H])c1cnc(-c2[c-]cc3oc4cc5ccccc5c5ccc2c3c45)cc1C([2H])([2H])[2H].[Ir]. The molecule has 3 heterocycles. The molecule has 3 nitrogen and oxygen atoms in total. The Morgan fingerprint density at radius 1 is 0.739 bits per heavy atom. The second kappa shape index (κ2) is 12.4. The number of hydrogen-bond donors (Lipinski definition) is 0. The van der Waals surface area contributed by atoms with E-state index in [1.807, 2.05) is 57.2 Å². The molecule has 3 aromatic heterocycles. The molecular formula is C42H36IrN2O-2. The summed E-state index contributed by atoms with van der Waals surface area (Å²) in [6.07, 6.45) is 1.19. The minimum atomic E-state index is -2.59. The van der Waals surface area contributed by atoms with Crippen LogP contribution in [-0.2, 0) is 26.5 Å². The van der Waals surface area contributed by atoms with Gasteiger partial charge in [-0.15, -0.1) is 53.1 Å². The summed E-state index contributed by atoms with van der Waals surface area (Å²) in [6, 6.07) is 31.5. The van der Waals surface area contributed by atoms with E-state index in [0.29, 0.717) is 33.7 Å². The Hall–Kier alpha value is -4.37. The van der Waals surface area contributed by atoms with Gasteiger partial charge in [0.15, 0.2) is 0 Å². The van der Waals surface area contributed by atoms with Gasteiger partial charge in [0.25, 0.3) is 0 Å². The molecule has 0 saturated heterocycles. The molecule has 231 valence electrons. The van der Waals surface area contributed by atoms with Crippen molar-refractivity contribution in [2.75, 3.05) is 0 Å². The topological polar surface area (TPSA) is 38.9 Å². The first-order chi connectivity index (χ1) is 26.1. The van der Waals surface area contributed by atoms with Gasteiger partial charge in [0.2, 0.25) is 0 Å². The summed E-state index contributed by atoms with van der Waals surface area (Å²) in [4.78, 5) is 8.64. The van der Waals surface area contributed by atoms with E-state index in [0.717, 1.165) is 44.1 Å². The number of furan rings is 1. The molecule has 4 heteroatoms. The number of aromatic nitrogens is 2. The molecular weight excluding hydrogens is 741 g/mol. The Labute approximate surface area is 299 Å². The van der Waals surface area contributed by atoms with Crippen molar-refractivity contribution in [3.8, 4) is 22.5 Å². The average molecular weight is 788 g/mol. The van der Waals surface area contributed by atoms with Gasteiger partial charge < -0.3 is 14.4 Å². The summed E-state index contributed by atoms with van der Waals surface area (Å²) in [5.74, 6) is 0. The summed E-state index contributed by atoms with van der Waals surface area (Å²) < 4.78 is 91.4. The van der Waals surface area contributed by atoms with Gasteiger partial charge in [0.1, 0.15) is 5.58 Å². The van der Waals surface area contributed by atoms with Gasteiger partial charge in [0.05, 0.1) is 5.58 Å². The molecule has 0 N–H and O–H groups in total. The van der Waals surface area contributed by atoms with Crippen LogP contribution in [0, 0.1) is 38.1 Å². The van der Waals surface area contributed by atoms with Gasteiger partial charge in [-0.25, -0.2) is 0 Å². The number of pyridine rings is 2. The minimum absolute atomic E-state index is 0. The number of nitrogens with zero attached hydrogens (tertiary/aromatic N) is 2. The second-order valence-electron chi connectivity index (χ2n) is 12.0. The van der Waals surface area contributed by atoms with Crippen LogP contribution in [0.5, 0.6) is 0 Å². The number of aryl methyl sites for hydroxylation is 3. The summed E-state index contributed by atoms with van der Waals surface area (Å²) in [6.45, 7) is -1.76. The standard InChI is InChI=1S/C25H16NO.C17H20N.Ir/c1-14-11-21(26-13-15(14)2)18-9-10-22-24-20(18)8-7-19-17-6-4-3-5-16(17)12-23(27-22)25(19)24;1-13-5-8-15(9-6-13)16-10-7-14(12-18-16)11-17(2,3)4;/h3-8,10-13H,1-2H3;5-8,10,12H,11H2,1-4H3;/q2*-1;/i1D3,2D3;1D3,11D2;. The molecule has 1 radical (unpaired) electrons. The maximum absolute atomic E-state index is 8.25. The fourth-order valence-corrected chi connectivity index (χ4v) is 5.64. The second-order valence-corrected chi connectivity index (χ2v) is 12.0. The van der Waals surface area contributed by atoms with Gasteiger partial charge in [-0.1, -0.05) is 93.2 Å². The van der Waals surface area contributed by atoms with E-state index in [-0.39, 0.29) is 36.8 Å². The monoisotopic (exact) mass is 788 g/mol. The van der Waals surface area contributed by atoms with Gasteiger partial charge in [-0.2, -0.15) is 0 Å². The third-order valence-corrected chi connectivity index (χ3v) is 7.60. The molecule has 0 amide bonds. The summed E-state index contributed by atoms with van der Waals surface area (Å²) in [5.41, 5.74) is 3.45. The first-order valence-corrected chi connectivity index (χ1v) is 14.6. The third-order valence-electron chi connectivity index (χ3n) is 7.60. The average Bonchev–Trinajstić information content (AvgIpc) is 3.51. The van der Waals surface area contributed by atoms with Crippen LogP contribution in [0.4, 0.5) is 0 Å². The molecule has 8 rings (SSSR count). The Morgan fingerprint density at radius 3 is 2.28 bits per heavy atom. The first kappa shape index (κ1) is 20.7. The largest absolute Gasteiger partial charge is 0.500 e. The predicted molar refractivity (Wildman–Crippen MR) is 188 cm³/mol. The van der Waals surface area contributed by atoms with Crippen molar-refractivity contribution in [1.29, 1.82) is 0 Å². The fourth-order valence-electron chi connectivity index (χ4n) is 5.64. The predicted octanol–water partition coefficient (Wildman–Crippen LogP) is 11.3. The Kier molecular flexibility index (Phi) is 5.59. The van der Waals surface area contributed by atoms with Crippen LogP contribution in [0.25, 0.3) is 66.0 Å². The van der Waals surface area contributed by atoms with Crippen molar-refractivity contribution < 1.29 is 39.6 Å². The zero-order valence-electron chi connectivity index (χ0n) is 36.4. The van der Waals surface area contributed by atoms with Crippen molar-refractivity contribution in [2.24, 2.45) is 5.41 Å². The molecule has 0 saturated carbocycles. The van der Waals surface area contributed by atoms with Gasteiger partial charge in [-0.3, -0.25) is 0 Å². The molecule has 0 aliphatic heterocycles. The van der Waals surface area contributed by atoms with Crippen molar-refractivity contribution in [1.82, 2.24) is 9.97 Å².